The molecular formula is C38H58O2S2. The first-order chi connectivity index (χ1) is 20.9. The molecule has 0 spiro atoms. The molecule has 0 heterocycles. The molecule has 0 aliphatic rings. The Bertz CT molecular complexity index is 956. The fraction of sp³-hybridized carbons (Fsp3) is 0.632. The summed E-state index contributed by atoms with van der Waals surface area (Å²) >= 11 is 4.06. The lowest BCUT2D eigenvalue weighted by atomic mass is 10.0. The van der Waals surface area contributed by atoms with Gasteiger partial charge in [0.25, 0.3) is 0 Å². The van der Waals surface area contributed by atoms with Crippen LogP contribution in [0.2, 0.25) is 0 Å². The summed E-state index contributed by atoms with van der Waals surface area (Å²) in [5.41, 5.74) is 0. The van der Waals surface area contributed by atoms with Gasteiger partial charge in [-0.15, -0.1) is 0 Å². The summed E-state index contributed by atoms with van der Waals surface area (Å²) < 4.78 is 13.0. The molecule has 0 amide bonds. The molecule has 3 rings (SSSR count). The number of rotatable bonds is 26. The van der Waals surface area contributed by atoms with Gasteiger partial charge < -0.3 is 9.47 Å². The van der Waals surface area contributed by atoms with E-state index in [2.05, 4.69) is 62.4 Å². The van der Waals surface area contributed by atoms with Gasteiger partial charge in [-0.2, -0.15) is 23.5 Å². The minimum absolute atomic E-state index is 0.741. The van der Waals surface area contributed by atoms with Crippen molar-refractivity contribution in [1.82, 2.24) is 0 Å². The zero-order valence-electron chi connectivity index (χ0n) is 26.8. The van der Waals surface area contributed by atoms with E-state index >= 15 is 0 Å². The van der Waals surface area contributed by atoms with Gasteiger partial charge in [0, 0.05) is 33.1 Å². The Morgan fingerprint density at radius 1 is 0.405 bits per heavy atom. The van der Waals surface area contributed by atoms with E-state index in [1.165, 1.54) is 114 Å². The van der Waals surface area contributed by atoms with Crippen molar-refractivity contribution in [1.29, 1.82) is 0 Å². The van der Waals surface area contributed by atoms with Crippen LogP contribution in [0.4, 0.5) is 0 Å². The van der Waals surface area contributed by atoms with Crippen LogP contribution < -0.4 is 9.47 Å². The van der Waals surface area contributed by atoms with Gasteiger partial charge >= 0.3 is 0 Å². The average Bonchev–Trinajstić information content (AvgIpc) is 3.02. The normalized spacial score (nSPS) is 11.5. The van der Waals surface area contributed by atoms with Crippen LogP contribution in [0.15, 0.2) is 48.5 Å². The minimum atomic E-state index is 0.741. The average molecular weight is 611 g/mol. The van der Waals surface area contributed by atoms with E-state index in [0.29, 0.717) is 0 Å². The van der Waals surface area contributed by atoms with E-state index in [-0.39, 0.29) is 0 Å². The summed E-state index contributed by atoms with van der Waals surface area (Å²) in [4.78, 5) is 0. The monoisotopic (exact) mass is 610 g/mol. The Kier molecular flexibility index (Phi) is 19.1. The minimum Gasteiger partial charge on any atom is -0.491 e. The number of hydrogen-bond donors (Lipinski definition) is 0. The molecule has 0 radical (unpaired) electrons. The second-order valence-corrected chi connectivity index (χ2v) is 14.1. The van der Waals surface area contributed by atoms with Crippen LogP contribution in [0.25, 0.3) is 21.5 Å². The molecule has 4 heteroatoms. The van der Waals surface area contributed by atoms with Gasteiger partial charge in [0.05, 0.1) is 13.2 Å². The Morgan fingerprint density at radius 2 is 0.714 bits per heavy atom. The first-order valence-corrected chi connectivity index (χ1v) is 19.5. The Hall–Kier alpha value is -1.52. The molecule has 0 aliphatic heterocycles. The quantitative estimate of drug-likeness (QED) is 0.0664. The van der Waals surface area contributed by atoms with Crippen LogP contribution in [-0.4, -0.2) is 36.2 Å². The first kappa shape index (κ1) is 35.0. The zero-order chi connectivity index (χ0) is 29.5. The summed E-state index contributed by atoms with van der Waals surface area (Å²) in [5.74, 6) is 6.56. The first-order valence-electron chi connectivity index (χ1n) is 17.2. The van der Waals surface area contributed by atoms with Crippen LogP contribution in [0.3, 0.4) is 0 Å². The molecule has 3 aromatic carbocycles. The number of ether oxygens (including phenoxy) is 2. The van der Waals surface area contributed by atoms with Gasteiger partial charge in [-0.3, -0.25) is 0 Å². The molecular weight excluding hydrogens is 553 g/mol. The lowest BCUT2D eigenvalue weighted by Gasteiger charge is -2.18. The topological polar surface area (TPSA) is 18.5 Å². The maximum atomic E-state index is 6.51. The van der Waals surface area contributed by atoms with Gasteiger partial charge in [0.2, 0.25) is 0 Å². The largest absolute Gasteiger partial charge is 0.491 e. The van der Waals surface area contributed by atoms with Gasteiger partial charge in [0.15, 0.2) is 0 Å². The second kappa shape index (κ2) is 22.9. The molecule has 234 valence electrons. The van der Waals surface area contributed by atoms with Crippen molar-refractivity contribution < 1.29 is 9.47 Å². The Balaban J connectivity index is 1.43. The van der Waals surface area contributed by atoms with Gasteiger partial charge in [-0.1, -0.05) is 152 Å². The summed E-state index contributed by atoms with van der Waals surface area (Å²) in [7, 11) is 0. The van der Waals surface area contributed by atoms with Gasteiger partial charge in [-0.05, 0) is 24.3 Å². The smallest absolute Gasteiger partial charge is 0.135 e. The van der Waals surface area contributed by atoms with E-state index < -0.39 is 0 Å². The van der Waals surface area contributed by atoms with Gasteiger partial charge in [0.1, 0.15) is 11.5 Å². The molecule has 0 N–H and O–H groups in total. The maximum Gasteiger partial charge on any atom is 0.135 e. The zero-order valence-corrected chi connectivity index (χ0v) is 28.4. The van der Waals surface area contributed by atoms with Crippen molar-refractivity contribution in [3.05, 3.63) is 48.5 Å². The lowest BCUT2D eigenvalue weighted by Crippen LogP contribution is -2.05. The molecule has 42 heavy (non-hydrogen) atoms. The molecule has 0 atom stereocenters. The highest BCUT2D eigenvalue weighted by atomic mass is 32.2. The SMILES string of the molecule is CCCCCCCCCCSCCOc1c2ccccc2c(OCCSCCCCCCCCCC)c2ccccc12. The predicted molar refractivity (Wildman–Crippen MR) is 192 cm³/mol. The number of hydrogen-bond acceptors (Lipinski definition) is 4. The van der Waals surface area contributed by atoms with E-state index in [4.69, 9.17) is 9.47 Å². The predicted octanol–water partition coefficient (Wildman–Crippen LogP) is 12.5. The van der Waals surface area contributed by atoms with Crippen LogP contribution in [0.1, 0.15) is 117 Å². The van der Waals surface area contributed by atoms with E-state index in [1.54, 1.807) is 0 Å². The van der Waals surface area contributed by atoms with E-state index in [0.717, 1.165) is 57.8 Å². The molecule has 2 nitrogen and oxygen atoms in total. The standard InChI is InChI=1S/C38H58O2S2/c1-3-5-7-9-11-13-15-21-29-41-31-27-39-37-33-23-17-19-25-35(33)38(36-26-20-18-24-34(36)37)40-28-32-42-30-22-16-14-12-10-8-6-4-2/h17-20,23-26H,3-16,21-22,27-32H2,1-2H3. The third-order valence-corrected chi connectivity index (χ3v) is 10.1. The molecule has 0 aromatic heterocycles. The number of benzene rings is 3. The van der Waals surface area contributed by atoms with Gasteiger partial charge in [-0.25, -0.2) is 0 Å². The van der Waals surface area contributed by atoms with Crippen LogP contribution >= 0.6 is 23.5 Å². The summed E-state index contributed by atoms with van der Waals surface area (Å²) in [6.07, 6.45) is 22.1. The molecule has 0 aliphatic carbocycles. The van der Waals surface area contributed by atoms with Crippen molar-refractivity contribution in [2.75, 3.05) is 36.2 Å². The molecule has 0 unspecified atom stereocenters. The van der Waals surface area contributed by atoms with Crippen LogP contribution in [0, 0.1) is 0 Å². The third-order valence-electron chi connectivity index (χ3n) is 8.07. The highest BCUT2D eigenvalue weighted by Gasteiger charge is 2.15. The summed E-state index contributed by atoms with van der Waals surface area (Å²) in [5, 5.41) is 4.63. The van der Waals surface area contributed by atoms with Crippen molar-refractivity contribution in [3.63, 3.8) is 0 Å². The third kappa shape index (κ3) is 13.0. The van der Waals surface area contributed by atoms with E-state index in [9.17, 15) is 0 Å². The molecule has 0 bridgehead atoms. The molecule has 3 aromatic rings. The van der Waals surface area contributed by atoms with Crippen molar-refractivity contribution in [2.24, 2.45) is 0 Å². The lowest BCUT2D eigenvalue weighted by molar-refractivity contribution is 0.346. The number of fused-ring (bicyclic) bond motifs is 2. The highest BCUT2D eigenvalue weighted by Crippen LogP contribution is 2.42. The highest BCUT2D eigenvalue weighted by molar-refractivity contribution is 7.99. The van der Waals surface area contributed by atoms with Crippen molar-refractivity contribution in [2.45, 2.75) is 117 Å². The Labute approximate surface area is 266 Å². The van der Waals surface area contributed by atoms with Crippen LogP contribution in [0.5, 0.6) is 11.5 Å². The van der Waals surface area contributed by atoms with Crippen molar-refractivity contribution >= 4 is 45.1 Å². The number of thioether (sulfide) groups is 2. The molecule has 0 saturated heterocycles. The summed E-state index contributed by atoms with van der Waals surface area (Å²) in [6.45, 7) is 6.06. The maximum absolute atomic E-state index is 6.51. The number of unbranched alkanes of at least 4 members (excludes halogenated alkanes) is 14. The van der Waals surface area contributed by atoms with Crippen molar-refractivity contribution in [3.8, 4) is 11.5 Å². The summed E-state index contributed by atoms with van der Waals surface area (Å²) in [6, 6.07) is 17.2. The fourth-order valence-corrected chi connectivity index (χ4v) is 7.27. The molecule has 0 fully saturated rings. The van der Waals surface area contributed by atoms with Crippen LogP contribution in [-0.2, 0) is 0 Å². The molecule has 0 saturated carbocycles. The second-order valence-electron chi connectivity index (χ2n) is 11.6. The fourth-order valence-electron chi connectivity index (χ4n) is 5.64. The Morgan fingerprint density at radius 3 is 1.05 bits per heavy atom. The van der Waals surface area contributed by atoms with E-state index in [1.807, 2.05) is 23.5 Å².